The molecule has 0 radical (unpaired) electrons. The van der Waals surface area contributed by atoms with Crippen LogP contribution in [-0.2, 0) is 0 Å². The van der Waals surface area contributed by atoms with Crippen LogP contribution in [0.2, 0.25) is 0 Å². The zero-order valence-electron chi connectivity index (χ0n) is 6.60. The molecule has 0 bridgehead atoms. The Hall–Kier alpha value is -0.190. The molecule has 1 unspecified atom stereocenters. The molecule has 62 valence electrons. The number of terminal acetylenes is 1. The van der Waals surface area contributed by atoms with Gasteiger partial charge in [-0.25, -0.2) is 0 Å². The van der Waals surface area contributed by atoms with E-state index in [9.17, 15) is 0 Å². The molecule has 0 aromatic heterocycles. The molecule has 1 saturated heterocycles. The average molecular weight is 172 g/mol. The third-order valence-corrected chi connectivity index (χ3v) is 2.99. The zero-order chi connectivity index (χ0) is 7.03. The average Bonchev–Trinajstić information content (AvgIpc) is 2.65. The predicted octanol–water partition coefficient (Wildman–Crippen LogP) is 1.43. The fourth-order valence-electron chi connectivity index (χ4n) is 2.06. The van der Waals surface area contributed by atoms with Crippen LogP contribution in [0.15, 0.2) is 0 Å². The van der Waals surface area contributed by atoms with Crippen LogP contribution in [0, 0.1) is 23.7 Å². The number of rotatable bonds is 0. The van der Waals surface area contributed by atoms with Crippen molar-refractivity contribution in [1.82, 2.24) is 5.32 Å². The van der Waals surface area contributed by atoms with Gasteiger partial charge in [-0.15, -0.1) is 24.8 Å². The fraction of sp³-hybridized carbons (Fsp3) is 0.778. The summed E-state index contributed by atoms with van der Waals surface area (Å²) in [5, 5.41) is 3.36. The summed E-state index contributed by atoms with van der Waals surface area (Å²) in [7, 11) is 0. The summed E-state index contributed by atoms with van der Waals surface area (Å²) in [6.07, 6.45) is 9.28. The Labute approximate surface area is 74.3 Å². The van der Waals surface area contributed by atoms with Crippen LogP contribution < -0.4 is 5.32 Å². The van der Waals surface area contributed by atoms with E-state index in [2.05, 4.69) is 11.2 Å². The molecular formula is C9H14ClN. The van der Waals surface area contributed by atoms with Crippen LogP contribution in [0.3, 0.4) is 0 Å². The van der Waals surface area contributed by atoms with Gasteiger partial charge >= 0.3 is 0 Å². The van der Waals surface area contributed by atoms with Crippen LogP contribution in [0.25, 0.3) is 0 Å². The van der Waals surface area contributed by atoms with Gasteiger partial charge < -0.3 is 5.32 Å². The minimum atomic E-state index is 0. The van der Waals surface area contributed by atoms with Crippen molar-refractivity contribution < 1.29 is 0 Å². The van der Waals surface area contributed by atoms with E-state index in [1.807, 2.05) is 0 Å². The van der Waals surface area contributed by atoms with E-state index in [0.717, 1.165) is 0 Å². The lowest BCUT2D eigenvalue weighted by Gasteiger charge is -2.22. The van der Waals surface area contributed by atoms with Crippen molar-refractivity contribution >= 4 is 12.4 Å². The molecular weight excluding hydrogens is 158 g/mol. The standard InChI is InChI=1S/C9H13N.ClH/c1-2-8-7-9(8)3-5-10-6-4-9;/h1,8,10H,3-7H2;1H. The monoisotopic (exact) mass is 171 g/mol. The number of piperidine rings is 1. The van der Waals surface area contributed by atoms with Crippen molar-refractivity contribution in [2.45, 2.75) is 19.3 Å². The Kier molecular flexibility index (Phi) is 2.47. The first-order valence-electron chi connectivity index (χ1n) is 4.04. The lowest BCUT2D eigenvalue weighted by molar-refractivity contribution is 0.339. The van der Waals surface area contributed by atoms with E-state index < -0.39 is 0 Å². The van der Waals surface area contributed by atoms with Crippen LogP contribution in [0.1, 0.15) is 19.3 Å². The maximum Gasteiger partial charge on any atom is 0.0263 e. The topological polar surface area (TPSA) is 12.0 Å². The van der Waals surface area contributed by atoms with Gasteiger partial charge in [-0.05, 0) is 37.8 Å². The molecule has 2 heteroatoms. The van der Waals surface area contributed by atoms with Gasteiger partial charge in [0, 0.05) is 5.92 Å². The van der Waals surface area contributed by atoms with Crippen molar-refractivity contribution in [2.75, 3.05) is 13.1 Å². The highest BCUT2D eigenvalue weighted by Gasteiger charge is 2.52. The Bertz CT molecular complexity index is 176. The Morgan fingerprint density at radius 3 is 2.45 bits per heavy atom. The third-order valence-electron chi connectivity index (χ3n) is 2.99. The number of hydrogen-bond donors (Lipinski definition) is 1. The van der Waals surface area contributed by atoms with Gasteiger partial charge in [-0.2, -0.15) is 0 Å². The molecule has 0 aromatic rings. The van der Waals surface area contributed by atoms with Crippen molar-refractivity contribution in [1.29, 1.82) is 0 Å². The van der Waals surface area contributed by atoms with Crippen LogP contribution >= 0.6 is 12.4 Å². The van der Waals surface area contributed by atoms with Gasteiger partial charge in [0.25, 0.3) is 0 Å². The highest BCUT2D eigenvalue weighted by molar-refractivity contribution is 5.85. The smallest absolute Gasteiger partial charge is 0.0263 e. The fourth-order valence-corrected chi connectivity index (χ4v) is 2.06. The van der Waals surface area contributed by atoms with Crippen LogP contribution in [0.5, 0.6) is 0 Å². The van der Waals surface area contributed by atoms with E-state index in [4.69, 9.17) is 6.42 Å². The molecule has 0 amide bonds. The second kappa shape index (κ2) is 3.05. The van der Waals surface area contributed by atoms with Crippen molar-refractivity contribution in [2.24, 2.45) is 11.3 Å². The molecule has 1 nitrogen and oxygen atoms in total. The van der Waals surface area contributed by atoms with Gasteiger partial charge in [0.05, 0.1) is 0 Å². The molecule has 1 aliphatic carbocycles. The molecule has 2 rings (SSSR count). The highest BCUT2D eigenvalue weighted by Crippen LogP contribution is 2.57. The summed E-state index contributed by atoms with van der Waals surface area (Å²) in [6.45, 7) is 2.36. The minimum Gasteiger partial charge on any atom is -0.317 e. The Morgan fingerprint density at radius 1 is 1.36 bits per heavy atom. The summed E-state index contributed by atoms with van der Waals surface area (Å²) >= 11 is 0. The lowest BCUT2D eigenvalue weighted by atomic mass is 9.92. The number of nitrogens with one attached hydrogen (secondary N) is 1. The molecule has 2 fully saturated rings. The zero-order valence-corrected chi connectivity index (χ0v) is 7.41. The molecule has 2 aliphatic rings. The highest BCUT2D eigenvalue weighted by atomic mass is 35.5. The summed E-state index contributed by atoms with van der Waals surface area (Å²) < 4.78 is 0. The molecule has 1 atom stereocenters. The van der Waals surface area contributed by atoms with Crippen molar-refractivity contribution in [3.63, 3.8) is 0 Å². The molecule has 1 aliphatic heterocycles. The second-order valence-electron chi connectivity index (χ2n) is 3.54. The van der Waals surface area contributed by atoms with Gasteiger partial charge in [-0.1, -0.05) is 0 Å². The number of halogens is 1. The van der Waals surface area contributed by atoms with E-state index in [-0.39, 0.29) is 12.4 Å². The summed E-state index contributed by atoms with van der Waals surface area (Å²) in [4.78, 5) is 0. The molecule has 1 N–H and O–H groups in total. The van der Waals surface area contributed by atoms with Gasteiger partial charge in [0.2, 0.25) is 0 Å². The maximum atomic E-state index is 5.37. The summed E-state index contributed by atoms with van der Waals surface area (Å²) in [5.74, 6) is 3.49. The molecule has 1 heterocycles. The van der Waals surface area contributed by atoms with E-state index in [1.54, 1.807) is 0 Å². The van der Waals surface area contributed by atoms with Gasteiger partial charge in [0.15, 0.2) is 0 Å². The normalized spacial score (nSPS) is 32.1. The van der Waals surface area contributed by atoms with Crippen molar-refractivity contribution in [3.05, 3.63) is 0 Å². The Balaban J connectivity index is 0.000000605. The second-order valence-corrected chi connectivity index (χ2v) is 3.54. The molecule has 11 heavy (non-hydrogen) atoms. The predicted molar refractivity (Wildman–Crippen MR) is 48.7 cm³/mol. The van der Waals surface area contributed by atoms with E-state index in [1.165, 1.54) is 32.4 Å². The summed E-state index contributed by atoms with van der Waals surface area (Å²) in [6, 6.07) is 0. The maximum absolute atomic E-state index is 5.37. The summed E-state index contributed by atoms with van der Waals surface area (Å²) in [5.41, 5.74) is 0.597. The number of hydrogen-bond acceptors (Lipinski definition) is 1. The first-order valence-corrected chi connectivity index (χ1v) is 4.04. The quantitative estimate of drug-likeness (QED) is 0.544. The van der Waals surface area contributed by atoms with Crippen LogP contribution in [0.4, 0.5) is 0 Å². The first kappa shape index (κ1) is 8.90. The van der Waals surface area contributed by atoms with E-state index in [0.29, 0.717) is 11.3 Å². The lowest BCUT2D eigenvalue weighted by Crippen LogP contribution is -2.29. The third kappa shape index (κ3) is 1.38. The molecule has 1 saturated carbocycles. The largest absolute Gasteiger partial charge is 0.317 e. The van der Waals surface area contributed by atoms with Crippen molar-refractivity contribution in [3.8, 4) is 12.3 Å². The van der Waals surface area contributed by atoms with E-state index >= 15 is 0 Å². The SMILES string of the molecule is C#CC1CC12CCNCC2.Cl. The molecule has 1 spiro atoms. The minimum absolute atomic E-state index is 0. The Morgan fingerprint density at radius 2 is 2.00 bits per heavy atom. The molecule has 0 aromatic carbocycles. The van der Waals surface area contributed by atoms with Gasteiger partial charge in [0.1, 0.15) is 0 Å². The van der Waals surface area contributed by atoms with Gasteiger partial charge in [-0.3, -0.25) is 0 Å². The first-order chi connectivity index (χ1) is 4.87. The van der Waals surface area contributed by atoms with Crippen LogP contribution in [-0.4, -0.2) is 13.1 Å².